The van der Waals surface area contributed by atoms with E-state index in [2.05, 4.69) is 70.4 Å². The van der Waals surface area contributed by atoms with Gasteiger partial charge in [-0.3, -0.25) is 4.98 Å². The summed E-state index contributed by atoms with van der Waals surface area (Å²) in [7, 11) is 1.71. The van der Waals surface area contributed by atoms with Crippen LogP contribution in [0.1, 0.15) is 44.6 Å². The van der Waals surface area contributed by atoms with Crippen molar-refractivity contribution in [2.45, 2.75) is 38.8 Å². The Morgan fingerprint density at radius 2 is 1.87 bits per heavy atom. The second kappa shape index (κ2) is 9.01. The molecule has 8 nitrogen and oxygen atoms in total. The molecule has 1 saturated heterocycles. The van der Waals surface area contributed by atoms with Gasteiger partial charge >= 0.3 is 0 Å². The highest BCUT2D eigenvalue weighted by molar-refractivity contribution is 5.50. The summed E-state index contributed by atoms with van der Waals surface area (Å²) in [5, 5.41) is 13.0. The first-order chi connectivity index (χ1) is 15.0. The van der Waals surface area contributed by atoms with E-state index in [1.165, 1.54) is 16.2 Å². The standard InChI is InChI=1S/C23H31N7O/c1-5-23(2,3)30-22(25-26-27-30)21(18-9-11-24-12-10-18)29-15-13-28(14-16-29)19-7-6-8-20(17-19)31-4/h6-12,17,21H,5,13-16H2,1-4H3/p+1/t21-/m0/s1. The number of tetrazole rings is 1. The van der Waals surface area contributed by atoms with Crippen LogP contribution in [0.5, 0.6) is 5.75 Å². The zero-order valence-corrected chi connectivity index (χ0v) is 18.8. The molecule has 0 spiro atoms. The van der Waals surface area contributed by atoms with Crippen molar-refractivity contribution in [1.82, 2.24) is 25.2 Å². The predicted octanol–water partition coefficient (Wildman–Crippen LogP) is 1.72. The van der Waals surface area contributed by atoms with Gasteiger partial charge in [-0.25, -0.2) is 4.68 Å². The summed E-state index contributed by atoms with van der Waals surface area (Å²) in [6, 6.07) is 12.5. The van der Waals surface area contributed by atoms with Crippen LogP contribution in [-0.4, -0.2) is 58.5 Å². The number of ether oxygens (including phenoxy) is 1. The Balaban J connectivity index is 1.61. The van der Waals surface area contributed by atoms with Crippen LogP contribution in [0.15, 0.2) is 48.8 Å². The van der Waals surface area contributed by atoms with Crippen LogP contribution in [0, 0.1) is 0 Å². The molecular weight excluding hydrogens is 390 g/mol. The van der Waals surface area contributed by atoms with Gasteiger partial charge in [-0.15, -0.1) is 5.10 Å². The summed E-state index contributed by atoms with van der Waals surface area (Å²) in [6.45, 7) is 10.4. The molecule has 3 heterocycles. The molecule has 0 saturated carbocycles. The molecule has 1 aliphatic heterocycles. The van der Waals surface area contributed by atoms with Crippen LogP contribution >= 0.6 is 0 Å². The zero-order chi connectivity index (χ0) is 21.8. The number of nitrogens with one attached hydrogen (secondary N) is 1. The number of hydrogen-bond acceptors (Lipinski definition) is 6. The smallest absolute Gasteiger partial charge is 0.214 e. The number of hydrogen-bond donors (Lipinski definition) is 1. The fraction of sp³-hybridized carbons (Fsp3) is 0.478. The fourth-order valence-corrected chi connectivity index (χ4v) is 4.23. The average molecular weight is 423 g/mol. The summed E-state index contributed by atoms with van der Waals surface area (Å²) in [5.74, 6) is 1.81. The van der Waals surface area contributed by atoms with Gasteiger partial charge in [-0.2, -0.15) is 0 Å². The van der Waals surface area contributed by atoms with Crippen LogP contribution in [-0.2, 0) is 5.54 Å². The van der Waals surface area contributed by atoms with E-state index in [1.54, 1.807) is 7.11 Å². The molecule has 8 heteroatoms. The van der Waals surface area contributed by atoms with Gasteiger partial charge in [0.2, 0.25) is 5.82 Å². The van der Waals surface area contributed by atoms with Gasteiger partial charge in [0.1, 0.15) is 5.75 Å². The Hall–Kier alpha value is -3.00. The van der Waals surface area contributed by atoms with Gasteiger partial charge in [0.15, 0.2) is 6.04 Å². The molecule has 31 heavy (non-hydrogen) atoms. The molecule has 4 rings (SSSR count). The number of nitrogens with zero attached hydrogens (tertiary/aromatic N) is 6. The lowest BCUT2D eigenvalue weighted by Gasteiger charge is -2.38. The highest BCUT2D eigenvalue weighted by atomic mass is 16.5. The molecule has 1 N–H and O–H groups in total. The highest BCUT2D eigenvalue weighted by Crippen LogP contribution is 2.25. The summed E-state index contributed by atoms with van der Waals surface area (Å²) in [5.41, 5.74) is 2.25. The van der Waals surface area contributed by atoms with Gasteiger partial charge < -0.3 is 14.5 Å². The van der Waals surface area contributed by atoms with E-state index < -0.39 is 0 Å². The van der Waals surface area contributed by atoms with Crippen LogP contribution in [0.25, 0.3) is 0 Å². The molecule has 1 fully saturated rings. The first-order valence-corrected chi connectivity index (χ1v) is 11.0. The Morgan fingerprint density at radius 1 is 1.13 bits per heavy atom. The predicted molar refractivity (Wildman–Crippen MR) is 119 cm³/mol. The molecule has 0 aliphatic carbocycles. The zero-order valence-electron chi connectivity index (χ0n) is 18.8. The normalized spacial score (nSPS) is 16.3. The number of quaternary nitrogens is 1. The minimum atomic E-state index is -0.147. The maximum atomic E-state index is 5.40. The minimum Gasteiger partial charge on any atom is -0.497 e. The summed E-state index contributed by atoms with van der Waals surface area (Å²) in [6.07, 6.45) is 4.66. The van der Waals surface area contributed by atoms with E-state index in [-0.39, 0.29) is 11.6 Å². The summed E-state index contributed by atoms with van der Waals surface area (Å²) in [4.78, 5) is 8.11. The number of aromatic nitrogens is 5. The first-order valence-electron chi connectivity index (χ1n) is 11.0. The second-order valence-electron chi connectivity index (χ2n) is 8.68. The lowest BCUT2D eigenvalue weighted by Crippen LogP contribution is -3.15. The third kappa shape index (κ3) is 4.39. The van der Waals surface area contributed by atoms with Crippen molar-refractivity contribution in [3.8, 4) is 5.75 Å². The summed E-state index contributed by atoms with van der Waals surface area (Å²) >= 11 is 0. The molecule has 0 amide bonds. The molecule has 3 aromatic rings. The van der Waals surface area contributed by atoms with E-state index in [1.807, 2.05) is 29.2 Å². The molecule has 0 radical (unpaired) electrons. The minimum absolute atomic E-state index is 0.0660. The van der Waals surface area contributed by atoms with Gasteiger partial charge in [-0.1, -0.05) is 13.0 Å². The van der Waals surface area contributed by atoms with Gasteiger partial charge in [0, 0.05) is 29.7 Å². The van der Waals surface area contributed by atoms with Crippen molar-refractivity contribution < 1.29 is 9.64 Å². The second-order valence-corrected chi connectivity index (χ2v) is 8.68. The lowest BCUT2D eigenvalue weighted by molar-refractivity contribution is -0.927. The van der Waals surface area contributed by atoms with Crippen molar-refractivity contribution in [3.63, 3.8) is 0 Å². The topological polar surface area (TPSA) is 73.4 Å². The van der Waals surface area contributed by atoms with E-state index in [0.717, 1.165) is 44.2 Å². The van der Waals surface area contributed by atoms with Crippen molar-refractivity contribution in [3.05, 3.63) is 60.2 Å². The van der Waals surface area contributed by atoms with E-state index >= 15 is 0 Å². The van der Waals surface area contributed by atoms with E-state index in [0.29, 0.717) is 0 Å². The largest absolute Gasteiger partial charge is 0.497 e. The number of methoxy groups -OCH3 is 1. The number of rotatable bonds is 7. The molecular formula is C23H32N7O+. The molecule has 0 unspecified atom stereocenters. The summed E-state index contributed by atoms with van der Waals surface area (Å²) < 4.78 is 7.42. The Kier molecular flexibility index (Phi) is 6.18. The van der Waals surface area contributed by atoms with Crippen LogP contribution in [0.4, 0.5) is 5.69 Å². The average Bonchev–Trinajstić information content (AvgIpc) is 3.31. The molecule has 2 aromatic heterocycles. The Labute approximate surface area is 183 Å². The molecule has 1 atom stereocenters. The van der Waals surface area contributed by atoms with Gasteiger partial charge in [-0.05, 0) is 55.0 Å². The van der Waals surface area contributed by atoms with Crippen molar-refractivity contribution in [2.75, 3.05) is 38.2 Å². The maximum absolute atomic E-state index is 5.40. The third-order valence-electron chi connectivity index (χ3n) is 6.46. The van der Waals surface area contributed by atoms with Gasteiger partial charge in [0.05, 0.1) is 38.8 Å². The highest BCUT2D eigenvalue weighted by Gasteiger charge is 2.37. The third-order valence-corrected chi connectivity index (χ3v) is 6.46. The van der Waals surface area contributed by atoms with Crippen LogP contribution < -0.4 is 14.5 Å². The number of anilines is 1. The van der Waals surface area contributed by atoms with E-state index in [4.69, 9.17) is 4.74 Å². The quantitative estimate of drug-likeness (QED) is 0.625. The van der Waals surface area contributed by atoms with Crippen LogP contribution in [0.3, 0.4) is 0 Å². The first kappa shape index (κ1) is 21.2. The molecule has 1 aliphatic rings. The van der Waals surface area contributed by atoms with Crippen LogP contribution in [0.2, 0.25) is 0 Å². The Morgan fingerprint density at radius 3 is 2.55 bits per heavy atom. The number of benzene rings is 1. The SMILES string of the molecule is CCC(C)(C)n1nnnc1[C@H](c1ccncc1)[NH+]1CCN(c2cccc(OC)c2)CC1. The molecule has 164 valence electrons. The monoisotopic (exact) mass is 422 g/mol. The number of pyridine rings is 1. The van der Waals surface area contributed by atoms with Crippen molar-refractivity contribution in [1.29, 1.82) is 0 Å². The Bertz CT molecular complexity index is 980. The van der Waals surface area contributed by atoms with Gasteiger partial charge in [0.25, 0.3) is 0 Å². The lowest BCUT2D eigenvalue weighted by atomic mass is 9.99. The van der Waals surface area contributed by atoms with Crippen molar-refractivity contribution >= 4 is 5.69 Å². The van der Waals surface area contributed by atoms with Crippen molar-refractivity contribution in [2.24, 2.45) is 0 Å². The fourth-order valence-electron chi connectivity index (χ4n) is 4.23. The van der Waals surface area contributed by atoms with E-state index in [9.17, 15) is 0 Å². The number of piperazine rings is 1. The maximum Gasteiger partial charge on any atom is 0.214 e. The molecule has 1 aromatic carbocycles. The molecule has 0 bridgehead atoms.